The van der Waals surface area contributed by atoms with E-state index in [1.165, 1.54) is 0 Å². The molecule has 1 aromatic carbocycles. The van der Waals surface area contributed by atoms with Gasteiger partial charge in [-0.05, 0) is 5.21 Å². The van der Waals surface area contributed by atoms with Gasteiger partial charge in [0.15, 0.2) is 0 Å². The number of ether oxygens (including phenoxy) is 1. The van der Waals surface area contributed by atoms with Gasteiger partial charge in [0.2, 0.25) is 5.82 Å². The number of nitrogens with zero attached hydrogens (tertiary/aromatic N) is 4. The summed E-state index contributed by atoms with van der Waals surface area (Å²) in [6.45, 7) is 3.12. The Hall–Kier alpha value is -1.79. The fraction of sp³-hybridized carbons (Fsp3) is 0.417. The Bertz CT molecular complexity index is 492. The minimum atomic E-state index is 0.122. The van der Waals surface area contributed by atoms with Gasteiger partial charge in [-0.1, -0.05) is 30.3 Å². The molecular formula is C12H15N5O. The number of rotatable bonds is 3. The summed E-state index contributed by atoms with van der Waals surface area (Å²) >= 11 is 0. The van der Waals surface area contributed by atoms with Crippen LogP contribution >= 0.6 is 0 Å². The van der Waals surface area contributed by atoms with Crippen molar-refractivity contribution in [3.05, 3.63) is 30.3 Å². The van der Waals surface area contributed by atoms with Crippen LogP contribution in [-0.2, 0) is 11.3 Å². The molecule has 0 saturated carbocycles. The number of tetrazole rings is 1. The molecule has 1 N–H and O–H groups in total. The monoisotopic (exact) mass is 245 g/mol. The van der Waals surface area contributed by atoms with E-state index >= 15 is 0 Å². The van der Waals surface area contributed by atoms with E-state index in [1.807, 2.05) is 30.3 Å². The first-order chi connectivity index (χ1) is 8.92. The third-order valence-corrected chi connectivity index (χ3v) is 2.86. The maximum Gasteiger partial charge on any atom is 0.204 e. The molecule has 0 bridgehead atoms. The molecule has 18 heavy (non-hydrogen) atoms. The summed E-state index contributed by atoms with van der Waals surface area (Å²) in [5, 5.41) is 15.8. The lowest BCUT2D eigenvalue weighted by Crippen LogP contribution is -2.41. The Balaban J connectivity index is 1.69. The second-order valence-electron chi connectivity index (χ2n) is 4.23. The molecule has 0 spiro atoms. The van der Waals surface area contributed by atoms with Gasteiger partial charge in [0, 0.05) is 18.7 Å². The summed E-state index contributed by atoms with van der Waals surface area (Å²) in [5.41, 5.74) is 0.978. The van der Waals surface area contributed by atoms with E-state index in [-0.39, 0.29) is 6.10 Å². The number of hydrogen-bond donors (Lipinski definition) is 1. The predicted octanol–water partition coefficient (Wildman–Crippen LogP) is 0.328. The molecule has 1 aromatic heterocycles. The highest BCUT2D eigenvalue weighted by Gasteiger charge is 2.15. The van der Waals surface area contributed by atoms with E-state index in [0.29, 0.717) is 12.4 Å². The van der Waals surface area contributed by atoms with E-state index in [0.717, 1.165) is 25.3 Å². The lowest BCUT2D eigenvalue weighted by molar-refractivity contribution is 0.0133. The quantitative estimate of drug-likeness (QED) is 0.844. The van der Waals surface area contributed by atoms with Gasteiger partial charge < -0.3 is 10.1 Å². The molecule has 1 atom stereocenters. The van der Waals surface area contributed by atoms with E-state index in [9.17, 15) is 0 Å². The Morgan fingerprint density at radius 3 is 3.00 bits per heavy atom. The molecule has 1 unspecified atom stereocenters. The first-order valence-corrected chi connectivity index (χ1v) is 6.07. The number of nitrogens with one attached hydrogen (secondary N) is 1. The molecule has 2 heterocycles. The van der Waals surface area contributed by atoms with Crippen LogP contribution in [0.5, 0.6) is 0 Å². The van der Waals surface area contributed by atoms with Gasteiger partial charge in [-0.15, -0.1) is 10.2 Å². The molecule has 6 nitrogen and oxygen atoms in total. The highest BCUT2D eigenvalue weighted by atomic mass is 16.5. The van der Waals surface area contributed by atoms with Crippen molar-refractivity contribution < 1.29 is 4.74 Å². The molecule has 1 fully saturated rings. The van der Waals surface area contributed by atoms with Gasteiger partial charge >= 0.3 is 0 Å². The number of aromatic nitrogens is 4. The molecule has 3 rings (SSSR count). The lowest BCUT2D eigenvalue weighted by atomic mass is 10.2. The van der Waals surface area contributed by atoms with E-state index in [2.05, 4.69) is 20.7 Å². The van der Waals surface area contributed by atoms with Crippen molar-refractivity contribution in [3.8, 4) is 11.4 Å². The Morgan fingerprint density at radius 2 is 2.22 bits per heavy atom. The van der Waals surface area contributed by atoms with E-state index < -0.39 is 0 Å². The van der Waals surface area contributed by atoms with E-state index in [1.54, 1.807) is 4.80 Å². The van der Waals surface area contributed by atoms with Crippen LogP contribution in [0.1, 0.15) is 0 Å². The van der Waals surface area contributed by atoms with Crippen molar-refractivity contribution in [2.45, 2.75) is 12.6 Å². The molecule has 0 amide bonds. The van der Waals surface area contributed by atoms with Crippen LogP contribution in [0.2, 0.25) is 0 Å². The van der Waals surface area contributed by atoms with Crippen LogP contribution in [0.4, 0.5) is 0 Å². The van der Waals surface area contributed by atoms with Gasteiger partial charge in [-0.3, -0.25) is 0 Å². The number of hydrogen-bond acceptors (Lipinski definition) is 5. The number of morpholine rings is 1. The van der Waals surface area contributed by atoms with E-state index in [4.69, 9.17) is 4.74 Å². The van der Waals surface area contributed by atoms with Crippen molar-refractivity contribution in [3.63, 3.8) is 0 Å². The Morgan fingerprint density at radius 1 is 1.33 bits per heavy atom. The fourth-order valence-electron chi connectivity index (χ4n) is 1.94. The van der Waals surface area contributed by atoms with Gasteiger partial charge in [-0.2, -0.15) is 4.80 Å². The van der Waals surface area contributed by atoms with Crippen LogP contribution in [-0.4, -0.2) is 46.0 Å². The van der Waals surface area contributed by atoms with Crippen molar-refractivity contribution in [1.82, 2.24) is 25.5 Å². The van der Waals surface area contributed by atoms with Crippen LogP contribution in [0.25, 0.3) is 11.4 Å². The second kappa shape index (κ2) is 5.24. The van der Waals surface area contributed by atoms with Crippen molar-refractivity contribution >= 4 is 0 Å². The normalized spacial score (nSPS) is 19.9. The minimum Gasteiger partial charge on any atom is -0.374 e. The van der Waals surface area contributed by atoms with Crippen LogP contribution in [0.15, 0.2) is 30.3 Å². The summed E-state index contributed by atoms with van der Waals surface area (Å²) in [7, 11) is 0. The van der Waals surface area contributed by atoms with Crippen LogP contribution < -0.4 is 5.32 Å². The standard InChI is InChI=1S/C12H15N5O/c1-2-4-10(5-3-1)12-14-16-17(15-12)9-11-8-13-6-7-18-11/h1-5,11,13H,6-9H2. The first kappa shape index (κ1) is 11.3. The highest BCUT2D eigenvalue weighted by molar-refractivity contribution is 5.52. The molecule has 94 valence electrons. The summed E-state index contributed by atoms with van der Waals surface area (Å²) in [4.78, 5) is 1.60. The average Bonchev–Trinajstić information content (AvgIpc) is 2.89. The largest absolute Gasteiger partial charge is 0.374 e. The average molecular weight is 245 g/mol. The minimum absolute atomic E-state index is 0.122. The fourth-order valence-corrected chi connectivity index (χ4v) is 1.94. The van der Waals surface area contributed by atoms with Crippen molar-refractivity contribution in [2.24, 2.45) is 0 Å². The van der Waals surface area contributed by atoms with Crippen LogP contribution in [0.3, 0.4) is 0 Å². The van der Waals surface area contributed by atoms with Gasteiger partial charge in [0.1, 0.15) is 0 Å². The zero-order valence-corrected chi connectivity index (χ0v) is 9.99. The predicted molar refractivity (Wildman–Crippen MR) is 65.9 cm³/mol. The molecule has 0 radical (unpaired) electrons. The maximum atomic E-state index is 5.61. The summed E-state index contributed by atoms with van der Waals surface area (Å²) < 4.78 is 5.61. The lowest BCUT2D eigenvalue weighted by Gasteiger charge is -2.22. The van der Waals surface area contributed by atoms with Gasteiger partial charge in [-0.25, -0.2) is 0 Å². The Kier molecular flexibility index (Phi) is 3.29. The third kappa shape index (κ3) is 2.55. The SMILES string of the molecule is c1ccc(-c2nnn(CC3CNCCO3)n2)cc1. The topological polar surface area (TPSA) is 64.9 Å². The summed E-state index contributed by atoms with van der Waals surface area (Å²) in [5.74, 6) is 0.652. The zero-order valence-electron chi connectivity index (χ0n) is 9.99. The Labute approximate surface area is 105 Å². The summed E-state index contributed by atoms with van der Waals surface area (Å²) in [6, 6.07) is 9.84. The highest BCUT2D eigenvalue weighted by Crippen LogP contribution is 2.12. The second-order valence-corrected chi connectivity index (χ2v) is 4.23. The maximum absolute atomic E-state index is 5.61. The smallest absolute Gasteiger partial charge is 0.204 e. The molecule has 2 aromatic rings. The molecule has 6 heteroatoms. The third-order valence-electron chi connectivity index (χ3n) is 2.86. The molecule has 1 aliphatic heterocycles. The van der Waals surface area contributed by atoms with Gasteiger partial charge in [0.25, 0.3) is 0 Å². The zero-order chi connectivity index (χ0) is 12.2. The summed E-state index contributed by atoms with van der Waals surface area (Å²) in [6.07, 6.45) is 0.122. The molecule has 1 saturated heterocycles. The molecule has 0 aliphatic carbocycles. The first-order valence-electron chi connectivity index (χ1n) is 6.07. The van der Waals surface area contributed by atoms with Gasteiger partial charge in [0.05, 0.1) is 19.3 Å². The van der Waals surface area contributed by atoms with Crippen molar-refractivity contribution in [1.29, 1.82) is 0 Å². The number of benzene rings is 1. The molecule has 1 aliphatic rings. The van der Waals surface area contributed by atoms with Crippen LogP contribution in [0, 0.1) is 0 Å². The van der Waals surface area contributed by atoms with Crippen molar-refractivity contribution in [2.75, 3.05) is 19.7 Å². The molecular weight excluding hydrogens is 230 g/mol.